The third-order valence-electron chi connectivity index (χ3n) is 5.31. The van der Waals surface area contributed by atoms with Gasteiger partial charge in [-0.05, 0) is 44.6 Å². The summed E-state index contributed by atoms with van der Waals surface area (Å²) in [7, 11) is 1.55. The van der Waals surface area contributed by atoms with Gasteiger partial charge < -0.3 is 10.1 Å². The maximum absolute atomic E-state index is 13.4. The Hall–Kier alpha value is -2.71. The number of carbonyl (C=O) groups is 1. The molecule has 160 valence electrons. The zero-order valence-corrected chi connectivity index (χ0v) is 18.9. The number of hydrogen-bond acceptors (Lipinski definition) is 6. The van der Waals surface area contributed by atoms with Crippen LogP contribution in [0.4, 0.5) is 5.69 Å². The molecule has 30 heavy (non-hydrogen) atoms. The Morgan fingerprint density at radius 2 is 1.93 bits per heavy atom. The Labute approximate surface area is 180 Å². The van der Waals surface area contributed by atoms with Gasteiger partial charge in [0.15, 0.2) is 0 Å². The van der Waals surface area contributed by atoms with E-state index in [1.165, 1.54) is 15.9 Å². The monoisotopic (exact) mass is 428 g/mol. The number of hydrogen-bond donors (Lipinski definition) is 1. The fraction of sp³-hybridized carbons (Fsp3) is 0.409. The van der Waals surface area contributed by atoms with Crippen molar-refractivity contribution in [2.45, 2.75) is 40.8 Å². The number of anilines is 1. The van der Waals surface area contributed by atoms with Gasteiger partial charge in [-0.2, -0.15) is 0 Å². The van der Waals surface area contributed by atoms with E-state index < -0.39 is 0 Å². The largest absolute Gasteiger partial charge is 0.495 e. The lowest BCUT2D eigenvalue weighted by Crippen LogP contribution is -2.34. The van der Waals surface area contributed by atoms with E-state index in [0.717, 1.165) is 28.4 Å². The number of aromatic nitrogens is 2. The number of aryl methyl sites for hydroxylation is 2. The van der Waals surface area contributed by atoms with E-state index in [-0.39, 0.29) is 18.0 Å². The Morgan fingerprint density at radius 1 is 1.23 bits per heavy atom. The highest BCUT2D eigenvalue weighted by molar-refractivity contribution is 7.18. The van der Waals surface area contributed by atoms with Gasteiger partial charge in [-0.3, -0.25) is 19.1 Å². The number of nitrogens with zero attached hydrogens (tertiary/aromatic N) is 3. The van der Waals surface area contributed by atoms with Gasteiger partial charge in [0, 0.05) is 4.88 Å². The van der Waals surface area contributed by atoms with Gasteiger partial charge in [0.1, 0.15) is 22.9 Å². The van der Waals surface area contributed by atoms with Crippen molar-refractivity contribution in [2.75, 3.05) is 25.5 Å². The molecule has 0 fully saturated rings. The van der Waals surface area contributed by atoms with Crippen molar-refractivity contribution < 1.29 is 9.53 Å². The van der Waals surface area contributed by atoms with Crippen LogP contribution in [-0.2, 0) is 17.9 Å². The summed E-state index contributed by atoms with van der Waals surface area (Å²) in [6.45, 7) is 10.1. The van der Waals surface area contributed by atoms with Crippen molar-refractivity contribution in [1.29, 1.82) is 0 Å². The topological polar surface area (TPSA) is 76.5 Å². The van der Waals surface area contributed by atoms with E-state index in [9.17, 15) is 9.59 Å². The molecule has 0 unspecified atom stereocenters. The number of fused-ring (bicyclic) bond motifs is 1. The van der Waals surface area contributed by atoms with Crippen LogP contribution in [0, 0.1) is 13.8 Å². The van der Waals surface area contributed by atoms with Crippen LogP contribution >= 0.6 is 11.3 Å². The van der Waals surface area contributed by atoms with Crippen molar-refractivity contribution in [3.8, 4) is 5.75 Å². The van der Waals surface area contributed by atoms with E-state index in [4.69, 9.17) is 9.72 Å². The molecule has 8 heteroatoms. The number of para-hydroxylation sites is 2. The van der Waals surface area contributed by atoms with Crippen LogP contribution in [0.3, 0.4) is 0 Å². The first-order chi connectivity index (χ1) is 14.4. The summed E-state index contributed by atoms with van der Waals surface area (Å²) in [5.41, 5.74) is 1.33. The number of rotatable bonds is 8. The molecule has 0 aliphatic rings. The lowest BCUT2D eigenvalue weighted by atomic mass is 10.2. The van der Waals surface area contributed by atoms with E-state index in [1.54, 1.807) is 19.2 Å². The molecule has 0 aliphatic carbocycles. The summed E-state index contributed by atoms with van der Waals surface area (Å²) in [6, 6.07) is 7.20. The first-order valence-electron chi connectivity index (χ1n) is 10.0. The second-order valence-electron chi connectivity index (χ2n) is 7.09. The number of amides is 1. The van der Waals surface area contributed by atoms with Gasteiger partial charge in [-0.1, -0.05) is 26.0 Å². The van der Waals surface area contributed by atoms with Crippen LogP contribution in [0.25, 0.3) is 10.2 Å². The number of ether oxygens (including phenoxy) is 1. The summed E-state index contributed by atoms with van der Waals surface area (Å²) in [5, 5.41) is 3.45. The summed E-state index contributed by atoms with van der Waals surface area (Å²) >= 11 is 1.52. The highest BCUT2D eigenvalue weighted by Crippen LogP contribution is 2.27. The molecule has 0 bridgehead atoms. The number of thiophene rings is 1. The SMILES string of the molecule is CCN(CC)Cc1nc2sc(C)c(C)c2c(=O)n1CC(=O)Nc1ccccc1OC. The predicted octanol–water partition coefficient (Wildman–Crippen LogP) is 3.56. The summed E-state index contributed by atoms with van der Waals surface area (Å²) in [6.07, 6.45) is 0. The predicted molar refractivity (Wildman–Crippen MR) is 122 cm³/mol. The average molecular weight is 429 g/mol. The van der Waals surface area contributed by atoms with Gasteiger partial charge in [0.2, 0.25) is 5.91 Å². The van der Waals surface area contributed by atoms with Crippen molar-refractivity contribution in [2.24, 2.45) is 0 Å². The molecule has 1 amide bonds. The van der Waals surface area contributed by atoms with Crippen LogP contribution in [0.15, 0.2) is 29.1 Å². The van der Waals surface area contributed by atoms with Crippen LogP contribution < -0.4 is 15.6 Å². The first kappa shape index (κ1) is 22.0. The molecule has 3 aromatic rings. The zero-order chi connectivity index (χ0) is 21.8. The first-order valence-corrected chi connectivity index (χ1v) is 10.9. The molecule has 3 rings (SSSR count). The Balaban J connectivity index is 2.01. The van der Waals surface area contributed by atoms with Crippen molar-refractivity contribution in [1.82, 2.24) is 14.5 Å². The Kier molecular flexibility index (Phi) is 6.89. The maximum atomic E-state index is 13.4. The molecule has 0 radical (unpaired) electrons. The van der Waals surface area contributed by atoms with Gasteiger partial charge >= 0.3 is 0 Å². The van der Waals surface area contributed by atoms with Crippen LogP contribution in [0.2, 0.25) is 0 Å². The van der Waals surface area contributed by atoms with Gasteiger partial charge in [0.05, 0.1) is 24.7 Å². The fourth-order valence-corrected chi connectivity index (χ4v) is 4.42. The third-order valence-corrected chi connectivity index (χ3v) is 6.41. The van der Waals surface area contributed by atoms with Gasteiger partial charge in [-0.25, -0.2) is 4.98 Å². The van der Waals surface area contributed by atoms with E-state index in [1.807, 2.05) is 26.0 Å². The van der Waals surface area contributed by atoms with Crippen LogP contribution in [-0.4, -0.2) is 40.6 Å². The molecule has 0 aliphatic heterocycles. The van der Waals surface area contributed by atoms with Crippen molar-refractivity contribution >= 4 is 33.1 Å². The van der Waals surface area contributed by atoms with Crippen molar-refractivity contribution in [3.05, 3.63) is 50.9 Å². The van der Waals surface area contributed by atoms with E-state index in [0.29, 0.717) is 29.2 Å². The number of methoxy groups -OCH3 is 1. The van der Waals surface area contributed by atoms with Crippen LogP contribution in [0.5, 0.6) is 5.75 Å². The second kappa shape index (κ2) is 9.40. The number of benzene rings is 1. The van der Waals surface area contributed by atoms with E-state index >= 15 is 0 Å². The summed E-state index contributed by atoms with van der Waals surface area (Å²) in [5.74, 6) is 0.875. The highest BCUT2D eigenvalue weighted by atomic mass is 32.1. The van der Waals surface area contributed by atoms with Crippen LogP contribution in [0.1, 0.15) is 30.1 Å². The normalized spacial score (nSPS) is 11.3. The molecule has 7 nitrogen and oxygen atoms in total. The Morgan fingerprint density at radius 3 is 2.60 bits per heavy atom. The molecule has 0 saturated carbocycles. The smallest absolute Gasteiger partial charge is 0.263 e. The third kappa shape index (κ3) is 4.39. The molecular formula is C22H28N4O3S. The molecule has 1 aromatic carbocycles. The lowest BCUT2D eigenvalue weighted by molar-refractivity contribution is -0.116. The second-order valence-corrected chi connectivity index (χ2v) is 8.30. The van der Waals surface area contributed by atoms with Gasteiger partial charge in [0.25, 0.3) is 5.56 Å². The maximum Gasteiger partial charge on any atom is 0.263 e. The zero-order valence-electron chi connectivity index (χ0n) is 18.1. The molecular weight excluding hydrogens is 400 g/mol. The standard InChI is InChI=1S/C22H28N4O3S/c1-6-25(7-2)12-18-24-21-20(14(3)15(4)30-21)22(28)26(18)13-19(27)23-16-10-8-9-11-17(16)29-5/h8-11H,6-7,12-13H2,1-5H3,(H,23,27). The summed E-state index contributed by atoms with van der Waals surface area (Å²) in [4.78, 5) is 35.0. The van der Waals surface area contributed by atoms with E-state index in [2.05, 4.69) is 24.1 Å². The highest BCUT2D eigenvalue weighted by Gasteiger charge is 2.19. The molecule has 1 N–H and O–H groups in total. The summed E-state index contributed by atoms with van der Waals surface area (Å²) < 4.78 is 6.81. The number of nitrogens with one attached hydrogen (secondary N) is 1. The molecule has 0 spiro atoms. The molecule has 0 atom stereocenters. The fourth-order valence-electron chi connectivity index (χ4n) is 3.38. The quantitative estimate of drug-likeness (QED) is 0.594. The van der Waals surface area contributed by atoms with Crippen molar-refractivity contribution in [3.63, 3.8) is 0 Å². The lowest BCUT2D eigenvalue weighted by Gasteiger charge is -2.20. The molecule has 2 heterocycles. The Bertz CT molecular complexity index is 1120. The minimum Gasteiger partial charge on any atom is -0.495 e. The van der Waals surface area contributed by atoms with Gasteiger partial charge in [-0.15, -0.1) is 11.3 Å². The minimum absolute atomic E-state index is 0.106. The molecule has 2 aromatic heterocycles. The minimum atomic E-state index is -0.298. The average Bonchev–Trinajstić information content (AvgIpc) is 3.02. The number of carbonyl (C=O) groups excluding carboxylic acids is 1. The molecule has 0 saturated heterocycles.